The molecule has 0 aliphatic carbocycles. The van der Waals surface area contributed by atoms with E-state index >= 15 is 0 Å². The number of amides is 2. The molecule has 2 aromatic rings. The molecule has 2 aromatic carbocycles. The highest BCUT2D eigenvalue weighted by molar-refractivity contribution is 5.99. The third kappa shape index (κ3) is 6.05. The van der Waals surface area contributed by atoms with Crippen LogP contribution in [0.2, 0.25) is 0 Å². The minimum Gasteiger partial charge on any atom is -0.457 e. The Bertz CT molecular complexity index is 788. The van der Waals surface area contributed by atoms with Crippen molar-refractivity contribution in [1.82, 2.24) is 5.32 Å². The zero-order chi connectivity index (χ0) is 18.9. The molecule has 26 heavy (non-hydrogen) atoms. The Labute approximate surface area is 152 Å². The Morgan fingerprint density at radius 1 is 1.00 bits per heavy atom. The minimum absolute atomic E-state index is 0.0115. The van der Waals surface area contributed by atoms with Gasteiger partial charge in [-0.25, -0.2) is 4.79 Å². The summed E-state index contributed by atoms with van der Waals surface area (Å²) in [4.78, 5) is 35.5. The van der Waals surface area contributed by atoms with Gasteiger partial charge in [0.15, 0.2) is 6.61 Å². The summed E-state index contributed by atoms with van der Waals surface area (Å²) < 4.78 is 4.98. The highest BCUT2D eigenvalue weighted by atomic mass is 16.5. The summed E-state index contributed by atoms with van der Waals surface area (Å²) in [6.45, 7) is 3.60. The van der Waals surface area contributed by atoms with Crippen molar-refractivity contribution in [2.45, 2.75) is 20.3 Å². The number of nitrogens with one attached hydrogen (secondary N) is 2. The zero-order valence-corrected chi connectivity index (χ0v) is 14.9. The van der Waals surface area contributed by atoms with Crippen LogP contribution in [0.15, 0.2) is 48.5 Å². The minimum atomic E-state index is -0.539. The molecule has 6 nitrogen and oxygen atoms in total. The van der Waals surface area contributed by atoms with Crippen LogP contribution >= 0.6 is 0 Å². The second kappa shape index (κ2) is 9.36. The van der Waals surface area contributed by atoms with Crippen molar-refractivity contribution in [3.05, 3.63) is 65.2 Å². The van der Waals surface area contributed by atoms with Gasteiger partial charge in [0.2, 0.25) is 5.78 Å². The molecule has 2 rings (SSSR count). The summed E-state index contributed by atoms with van der Waals surface area (Å²) >= 11 is 0. The number of rotatable bonds is 7. The van der Waals surface area contributed by atoms with Gasteiger partial charge in [-0.2, -0.15) is 0 Å². The maximum Gasteiger partial charge on any atom is 0.319 e. The molecule has 136 valence electrons. The molecule has 6 heteroatoms. The van der Waals surface area contributed by atoms with Crippen molar-refractivity contribution < 1.29 is 19.1 Å². The Morgan fingerprint density at radius 3 is 2.42 bits per heavy atom. The van der Waals surface area contributed by atoms with Crippen molar-refractivity contribution in [3.8, 4) is 0 Å². The van der Waals surface area contributed by atoms with E-state index in [0.29, 0.717) is 11.3 Å². The normalized spacial score (nSPS) is 10.1. The lowest BCUT2D eigenvalue weighted by Crippen LogP contribution is -2.31. The van der Waals surface area contributed by atoms with Crippen LogP contribution in [0, 0.1) is 13.8 Å². The van der Waals surface area contributed by atoms with E-state index in [1.54, 1.807) is 30.3 Å². The number of hydrogen-bond donors (Lipinski definition) is 2. The van der Waals surface area contributed by atoms with Gasteiger partial charge < -0.3 is 15.4 Å². The van der Waals surface area contributed by atoms with Gasteiger partial charge in [-0.05, 0) is 31.5 Å². The molecule has 0 saturated heterocycles. The third-order valence-electron chi connectivity index (χ3n) is 3.69. The summed E-state index contributed by atoms with van der Waals surface area (Å²) in [5, 5.41) is 5.20. The molecule has 0 radical (unpaired) electrons. The molecule has 0 aliphatic rings. The van der Waals surface area contributed by atoms with Crippen LogP contribution < -0.4 is 10.6 Å². The number of carbonyl (C=O) groups excluding carboxylic acids is 3. The van der Waals surface area contributed by atoms with Gasteiger partial charge in [0.25, 0.3) is 0 Å². The number of aryl methyl sites for hydroxylation is 2. The van der Waals surface area contributed by atoms with E-state index in [2.05, 4.69) is 10.6 Å². The van der Waals surface area contributed by atoms with Gasteiger partial charge in [0.1, 0.15) is 0 Å². The van der Waals surface area contributed by atoms with Gasteiger partial charge in [-0.15, -0.1) is 0 Å². The van der Waals surface area contributed by atoms with Gasteiger partial charge in [0, 0.05) is 17.8 Å². The molecule has 0 saturated carbocycles. The molecule has 0 fully saturated rings. The van der Waals surface area contributed by atoms with Crippen molar-refractivity contribution in [2.24, 2.45) is 0 Å². The maximum absolute atomic E-state index is 12.1. The third-order valence-corrected chi connectivity index (χ3v) is 3.69. The first-order valence-corrected chi connectivity index (χ1v) is 8.31. The average Bonchev–Trinajstić information content (AvgIpc) is 2.60. The number of urea groups is 1. The fourth-order valence-corrected chi connectivity index (χ4v) is 2.40. The van der Waals surface area contributed by atoms with E-state index in [1.165, 1.54) is 0 Å². The first-order chi connectivity index (χ1) is 12.5. The number of anilines is 1. The van der Waals surface area contributed by atoms with Gasteiger partial charge in [-0.3, -0.25) is 9.59 Å². The van der Waals surface area contributed by atoms with Crippen LogP contribution in [0.1, 0.15) is 27.9 Å². The van der Waals surface area contributed by atoms with E-state index in [0.717, 1.165) is 11.1 Å². The fraction of sp³-hybridized carbons (Fsp3) is 0.250. The topological polar surface area (TPSA) is 84.5 Å². The monoisotopic (exact) mass is 354 g/mol. The molecule has 0 heterocycles. The molecule has 2 amide bonds. The molecule has 0 aromatic heterocycles. The summed E-state index contributed by atoms with van der Waals surface area (Å²) in [7, 11) is 0. The second-order valence-electron chi connectivity index (χ2n) is 5.90. The van der Waals surface area contributed by atoms with Crippen molar-refractivity contribution >= 4 is 23.5 Å². The van der Waals surface area contributed by atoms with Crippen molar-refractivity contribution in [3.63, 3.8) is 0 Å². The van der Waals surface area contributed by atoms with Crippen LogP contribution in [0.4, 0.5) is 10.5 Å². The standard InChI is InChI=1S/C20H22N2O4/c1-14-8-9-17(15(2)12-14)18(23)13-26-19(24)10-11-21-20(25)22-16-6-4-3-5-7-16/h3-9,12H,10-11,13H2,1-2H3,(H2,21,22,25). The molecule has 0 unspecified atom stereocenters. The largest absolute Gasteiger partial charge is 0.457 e. The molecule has 0 spiro atoms. The number of hydrogen-bond acceptors (Lipinski definition) is 4. The molecule has 2 N–H and O–H groups in total. The van der Waals surface area contributed by atoms with Crippen molar-refractivity contribution in [1.29, 1.82) is 0 Å². The number of ketones is 1. The van der Waals surface area contributed by atoms with Crippen LogP contribution in [0.3, 0.4) is 0 Å². The number of ether oxygens (including phenoxy) is 1. The predicted molar refractivity (Wildman–Crippen MR) is 99.3 cm³/mol. The first-order valence-electron chi connectivity index (χ1n) is 8.31. The van der Waals surface area contributed by atoms with Crippen LogP contribution in [-0.4, -0.2) is 30.9 Å². The second-order valence-corrected chi connectivity index (χ2v) is 5.90. The number of esters is 1. The summed E-state index contributed by atoms with van der Waals surface area (Å²) in [6.07, 6.45) is -0.0115. The van der Waals surface area contributed by atoms with Crippen LogP contribution in [0.25, 0.3) is 0 Å². The SMILES string of the molecule is Cc1ccc(C(=O)COC(=O)CCNC(=O)Nc2ccccc2)c(C)c1. The Balaban J connectivity index is 1.68. The summed E-state index contributed by atoms with van der Waals surface area (Å²) in [5.41, 5.74) is 3.12. The lowest BCUT2D eigenvalue weighted by atomic mass is 10.0. The highest BCUT2D eigenvalue weighted by Crippen LogP contribution is 2.11. The van der Waals surface area contributed by atoms with E-state index in [-0.39, 0.29) is 25.4 Å². The maximum atomic E-state index is 12.1. The van der Waals surface area contributed by atoms with Gasteiger partial charge in [0.05, 0.1) is 6.42 Å². The van der Waals surface area contributed by atoms with Gasteiger partial charge >= 0.3 is 12.0 Å². The lowest BCUT2D eigenvalue weighted by Gasteiger charge is -2.09. The predicted octanol–water partition coefficient (Wildman–Crippen LogP) is 3.24. The summed E-state index contributed by atoms with van der Waals surface area (Å²) in [6, 6.07) is 14.0. The van der Waals surface area contributed by atoms with Crippen LogP contribution in [0.5, 0.6) is 0 Å². The number of benzene rings is 2. The van der Waals surface area contributed by atoms with E-state index in [9.17, 15) is 14.4 Å². The Morgan fingerprint density at radius 2 is 1.73 bits per heavy atom. The fourth-order valence-electron chi connectivity index (χ4n) is 2.40. The number of Topliss-reactive ketones (excluding diaryl/α,β-unsaturated/α-hetero) is 1. The Kier molecular flexibility index (Phi) is 6.91. The average molecular weight is 354 g/mol. The van der Waals surface area contributed by atoms with Crippen LogP contribution in [-0.2, 0) is 9.53 Å². The first kappa shape index (κ1) is 19.2. The molecular formula is C20H22N2O4. The molecule has 0 atom stereocenters. The van der Waals surface area contributed by atoms with E-state index < -0.39 is 12.0 Å². The van der Waals surface area contributed by atoms with E-state index in [4.69, 9.17) is 4.74 Å². The number of carbonyl (C=O) groups is 3. The van der Waals surface area contributed by atoms with E-state index in [1.807, 2.05) is 32.0 Å². The zero-order valence-electron chi connectivity index (χ0n) is 14.9. The quantitative estimate of drug-likeness (QED) is 0.590. The lowest BCUT2D eigenvalue weighted by molar-refractivity contribution is -0.142. The molecule has 0 aliphatic heterocycles. The number of para-hydroxylation sites is 1. The Hall–Kier alpha value is -3.15. The highest BCUT2D eigenvalue weighted by Gasteiger charge is 2.12. The van der Waals surface area contributed by atoms with Crippen molar-refractivity contribution in [2.75, 3.05) is 18.5 Å². The smallest absolute Gasteiger partial charge is 0.319 e. The molecule has 0 bridgehead atoms. The summed E-state index contributed by atoms with van der Waals surface area (Å²) in [5.74, 6) is -0.784. The van der Waals surface area contributed by atoms with Gasteiger partial charge in [-0.1, -0.05) is 42.0 Å². The molecular weight excluding hydrogens is 332 g/mol.